The molecule has 2 atom stereocenters. The highest BCUT2D eigenvalue weighted by molar-refractivity contribution is 6.30. The number of halogens is 2. The lowest BCUT2D eigenvalue weighted by atomic mass is 9.84. The average Bonchev–Trinajstić information content (AvgIpc) is 2.57. The van der Waals surface area contributed by atoms with Crippen molar-refractivity contribution < 1.29 is 4.39 Å². The first-order chi connectivity index (χ1) is 9.52. The van der Waals surface area contributed by atoms with Crippen molar-refractivity contribution in [2.75, 3.05) is 0 Å². The largest absolute Gasteiger partial charge is 0.325 e. The second-order valence-electron chi connectivity index (χ2n) is 6.36. The number of rotatable bonds is 4. The first-order valence-electron chi connectivity index (χ1n) is 7.75. The summed E-state index contributed by atoms with van der Waals surface area (Å²) in [6.45, 7) is 2.24. The Bertz CT molecular complexity index is 449. The Balaban J connectivity index is 2.05. The molecule has 112 valence electrons. The molecule has 0 aliphatic heterocycles. The van der Waals surface area contributed by atoms with Crippen LogP contribution in [0.2, 0.25) is 5.02 Å². The molecule has 0 aromatic heterocycles. The van der Waals surface area contributed by atoms with Crippen LogP contribution in [0.5, 0.6) is 0 Å². The van der Waals surface area contributed by atoms with Crippen LogP contribution in [-0.4, -0.2) is 5.54 Å². The molecule has 1 saturated carbocycles. The molecule has 2 N–H and O–H groups in total. The fraction of sp³-hybridized carbons (Fsp3) is 0.647. The van der Waals surface area contributed by atoms with Crippen molar-refractivity contribution in [3.63, 3.8) is 0 Å². The van der Waals surface area contributed by atoms with Gasteiger partial charge in [-0.15, -0.1) is 0 Å². The summed E-state index contributed by atoms with van der Waals surface area (Å²) < 4.78 is 13.9. The summed E-state index contributed by atoms with van der Waals surface area (Å²) in [5.74, 6) is 0.614. The third-order valence-electron chi connectivity index (χ3n) is 4.58. The van der Waals surface area contributed by atoms with Crippen LogP contribution in [0.1, 0.15) is 57.4 Å². The van der Waals surface area contributed by atoms with Crippen molar-refractivity contribution in [3.8, 4) is 0 Å². The van der Waals surface area contributed by atoms with Crippen molar-refractivity contribution in [1.29, 1.82) is 0 Å². The van der Waals surface area contributed by atoms with Gasteiger partial charge in [0.15, 0.2) is 0 Å². The molecule has 0 bridgehead atoms. The van der Waals surface area contributed by atoms with Gasteiger partial charge in [-0.05, 0) is 55.4 Å². The van der Waals surface area contributed by atoms with Gasteiger partial charge in [-0.3, -0.25) is 0 Å². The zero-order chi connectivity index (χ0) is 14.6. The molecule has 1 fully saturated rings. The predicted octanol–water partition coefficient (Wildman–Crippen LogP) is 5.10. The molecule has 1 aliphatic carbocycles. The van der Waals surface area contributed by atoms with Crippen LogP contribution in [0.4, 0.5) is 4.39 Å². The topological polar surface area (TPSA) is 26.0 Å². The van der Waals surface area contributed by atoms with E-state index in [1.807, 2.05) is 0 Å². The maximum Gasteiger partial charge on any atom is 0.126 e. The van der Waals surface area contributed by atoms with Gasteiger partial charge in [0.2, 0.25) is 0 Å². The molecule has 0 radical (unpaired) electrons. The lowest BCUT2D eigenvalue weighted by molar-refractivity contribution is 0.351. The molecule has 0 saturated heterocycles. The highest BCUT2D eigenvalue weighted by Crippen LogP contribution is 2.34. The van der Waals surface area contributed by atoms with Gasteiger partial charge in [-0.25, -0.2) is 4.39 Å². The van der Waals surface area contributed by atoms with Crippen LogP contribution in [0.25, 0.3) is 0 Å². The zero-order valence-corrected chi connectivity index (χ0v) is 13.1. The van der Waals surface area contributed by atoms with E-state index < -0.39 is 0 Å². The third kappa shape index (κ3) is 4.20. The minimum Gasteiger partial charge on any atom is -0.325 e. The number of benzene rings is 1. The standard InChI is InChI=1S/C17H25ClFN/c1-2-4-13-5-3-9-17(20,10-8-13)12-14-11-15(18)6-7-16(14)19/h6-7,11,13H,2-5,8-10,12,20H2,1H3. The first kappa shape index (κ1) is 15.8. The van der Waals surface area contributed by atoms with E-state index in [4.69, 9.17) is 17.3 Å². The second kappa shape index (κ2) is 6.91. The smallest absolute Gasteiger partial charge is 0.126 e. The Labute approximate surface area is 126 Å². The Morgan fingerprint density at radius 3 is 2.90 bits per heavy atom. The summed E-state index contributed by atoms with van der Waals surface area (Å²) in [4.78, 5) is 0. The minimum absolute atomic E-state index is 0.186. The molecule has 20 heavy (non-hydrogen) atoms. The monoisotopic (exact) mass is 297 g/mol. The molecule has 2 unspecified atom stereocenters. The normalized spacial score (nSPS) is 27.3. The lowest BCUT2D eigenvalue weighted by Gasteiger charge is -2.28. The molecule has 2 rings (SSSR count). The van der Waals surface area contributed by atoms with E-state index in [0.717, 1.165) is 25.2 Å². The molecular formula is C17H25ClFN. The van der Waals surface area contributed by atoms with E-state index in [0.29, 0.717) is 17.0 Å². The Kier molecular flexibility index (Phi) is 5.45. The van der Waals surface area contributed by atoms with Gasteiger partial charge in [-0.2, -0.15) is 0 Å². The summed E-state index contributed by atoms with van der Waals surface area (Å²) >= 11 is 5.97. The molecule has 1 aromatic carbocycles. The van der Waals surface area contributed by atoms with Crippen LogP contribution >= 0.6 is 11.6 Å². The summed E-state index contributed by atoms with van der Waals surface area (Å²) in [6, 6.07) is 4.76. The van der Waals surface area contributed by atoms with E-state index in [2.05, 4.69) is 6.92 Å². The van der Waals surface area contributed by atoms with Crippen molar-refractivity contribution in [2.24, 2.45) is 11.7 Å². The Morgan fingerprint density at radius 1 is 1.35 bits per heavy atom. The van der Waals surface area contributed by atoms with Crippen LogP contribution in [0.3, 0.4) is 0 Å². The molecule has 1 aliphatic rings. The maximum absolute atomic E-state index is 13.9. The van der Waals surface area contributed by atoms with Crippen LogP contribution in [0, 0.1) is 11.7 Å². The molecule has 0 heterocycles. The highest BCUT2D eigenvalue weighted by Gasteiger charge is 2.30. The van der Waals surface area contributed by atoms with Gasteiger partial charge in [-0.1, -0.05) is 44.2 Å². The quantitative estimate of drug-likeness (QED) is 0.769. The fourth-order valence-corrected chi connectivity index (χ4v) is 3.63. The van der Waals surface area contributed by atoms with Gasteiger partial charge in [0.1, 0.15) is 5.82 Å². The van der Waals surface area contributed by atoms with E-state index in [1.54, 1.807) is 12.1 Å². The molecule has 1 aromatic rings. The molecular weight excluding hydrogens is 273 g/mol. The summed E-state index contributed by atoms with van der Waals surface area (Å²) in [5.41, 5.74) is 6.95. The van der Waals surface area contributed by atoms with Crippen molar-refractivity contribution in [1.82, 2.24) is 0 Å². The number of nitrogens with two attached hydrogens (primary N) is 1. The average molecular weight is 298 g/mol. The second-order valence-corrected chi connectivity index (χ2v) is 6.80. The fourth-order valence-electron chi connectivity index (χ4n) is 3.44. The van der Waals surface area contributed by atoms with E-state index in [1.165, 1.54) is 31.7 Å². The van der Waals surface area contributed by atoms with Gasteiger partial charge in [0, 0.05) is 10.6 Å². The summed E-state index contributed by atoms with van der Waals surface area (Å²) in [5, 5.41) is 0.586. The van der Waals surface area contributed by atoms with Gasteiger partial charge in [0.05, 0.1) is 0 Å². The number of hydrogen-bond donors (Lipinski definition) is 1. The summed E-state index contributed by atoms with van der Waals surface area (Å²) in [6.07, 6.45) is 8.70. The van der Waals surface area contributed by atoms with Crippen LogP contribution < -0.4 is 5.73 Å². The van der Waals surface area contributed by atoms with E-state index >= 15 is 0 Å². The van der Waals surface area contributed by atoms with Crippen LogP contribution in [-0.2, 0) is 6.42 Å². The van der Waals surface area contributed by atoms with Crippen molar-refractivity contribution in [2.45, 2.75) is 63.8 Å². The summed E-state index contributed by atoms with van der Waals surface area (Å²) in [7, 11) is 0. The van der Waals surface area contributed by atoms with Gasteiger partial charge >= 0.3 is 0 Å². The Morgan fingerprint density at radius 2 is 2.15 bits per heavy atom. The van der Waals surface area contributed by atoms with Gasteiger partial charge in [0.25, 0.3) is 0 Å². The first-order valence-corrected chi connectivity index (χ1v) is 8.13. The van der Waals surface area contributed by atoms with Crippen molar-refractivity contribution >= 4 is 11.6 Å². The maximum atomic E-state index is 13.9. The third-order valence-corrected chi connectivity index (χ3v) is 4.82. The Hall–Kier alpha value is -0.600. The highest BCUT2D eigenvalue weighted by atomic mass is 35.5. The van der Waals surface area contributed by atoms with Gasteiger partial charge < -0.3 is 5.73 Å². The molecule has 3 heteroatoms. The van der Waals surface area contributed by atoms with Crippen molar-refractivity contribution in [3.05, 3.63) is 34.6 Å². The lowest BCUT2D eigenvalue weighted by Crippen LogP contribution is -2.41. The van der Waals surface area contributed by atoms with E-state index in [9.17, 15) is 4.39 Å². The molecule has 0 spiro atoms. The van der Waals surface area contributed by atoms with Crippen LogP contribution in [0.15, 0.2) is 18.2 Å². The minimum atomic E-state index is -0.270. The SMILES string of the molecule is CCCC1CCCC(N)(Cc2cc(Cl)ccc2F)CC1. The molecule has 1 nitrogen and oxygen atoms in total. The zero-order valence-electron chi connectivity index (χ0n) is 12.3. The molecule has 0 amide bonds. The number of hydrogen-bond acceptors (Lipinski definition) is 1. The van der Waals surface area contributed by atoms with E-state index in [-0.39, 0.29) is 11.4 Å². The predicted molar refractivity (Wildman–Crippen MR) is 83.5 cm³/mol.